The number of pyridine rings is 1. The van der Waals surface area contributed by atoms with E-state index in [4.69, 9.17) is 4.74 Å². The lowest BCUT2D eigenvalue weighted by atomic mass is 10.0. The van der Waals surface area contributed by atoms with Crippen LogP contribution in [0.2, 0.25) is 0 Å². The number of hydrogen-bond donors (Lipinski definition) is 1. The van der Waals surface area contributed by atoms with Crippen molar-refractivity contribution < 1.29 is 9.53 Å². The molecule has 140 valence electrons. The molecule has 4 aromatic rings. The number of carbonyl (C=O) groups is 1. The molecular weight excluding hydrogens is 368 g/mol. The van der Waals surface area contributed by atoms with Gasteiger partial charge in [0.1, 0.15) is 15.5 Å². The van der Waals surface area contributed by atoms with Crippen LogP contribution in [0.5, 0.6) is 5.75 Å². The van der Waals surface area contributed by atoms with E-state index in [1.807, 2.05) is 61.5 Å². The molecule has 0 saturated carbocycles. The zero-order valence-corrected chi connectivity index (χ0v) is 16.5. The van der Waals surface area contributed by atoms with E-state index < -0.39 is 0 Å². The Balaban J connectivity index is 1.70. The fourth-order valence-corrected chi connectivity index (χ4v) is 4.30. The van der Waals surface area contributed by atoms with Crippen LogP contribution in [0, 0.1) is 6.92 Å². The second-order valence-corrected chi connectivity index (χ2v) is 7.56. The Morgan fingerprint density at radius 1 is 1.11 bits per heavy atom. The van der Waals surface area contributed by atoms with Crippen LogP contribution in [0.3, 0.4) is 0 Å². The molecule has 2 heterocycles. The van der Waals surface area contributed by atoms with Crippen molar-refractivity contribution >= 4 is 27.5 Å². The van der Waals surface area contributed by atoms with Crippen molar-refractivity contribution in [3.8, 4) is 16.9 Å². The van der Waals surface area contributed by atoms with Gasteiger partial charge in [0.25, 0.3) is 5.91 Å². The molecule has 0 aliphatic heterocycles. The smallest absolute Gasteiger partial charge is 0.262 e. The SMILES string of the molecule is COc1ccc(-c2c(C(=O)NCc3cccc(C)c3)sc3ncccc23)cc1. The van der Waals surface area contributed by atoms with E-state index >= 15 is 0 Å². The van der Waals surface area contributed by atoms with Crippen molar-refractivity contribution in [2.24, 2.45) is 0 Å². The van der Waals surface area contributed by atoms with Crippen LogP contribution in [-0.2, 0) is 6.54 Å². The molecule has 0 aliphatic rings. The molecule has 0 atom stereocenters. The quantitative estimate of drug-likeness (QED) is 0.511. The highest BCUT2D eigenvalue weighted by Gasteiger charge is 2.20. The number of aryl methyl sites for hydroxylation is 1. The summed E-state index contributed by atoms with van der Waals surface area (Å²) in [6.45, 7) is 2.54. The lowest BCUT2D eigenvalue weighted by molar-refractivity contribution is 0.0955. The minimum atomic E-state index is -0.0877. The Bertz CT molecular complexity index is 1130. The molecule has 0 fully saturated rings. The molecule has 0 radical (unpaired) electrons. The highest BCUT2D eigenvalue weighted by atomic mass is 32.1. The molecule has 1 N–H and O–H groups in total. The van der Waals surface area contributed by atoms with Gasteiger partial charge in [-0.3, -0.25) is 4.79 Å². The Kier molecular flexibility index (Phi) is 5.08. The van der Waals surface area contributed by atoms with E-state index in [-0.39, 0.29) is 5.91 Å². The lowest BCUT2D eigenvalue weighted by Gasteiger charge is -2.08. The molecule has 4 nitrogen and oxygen atoms in total. The van der Waals surface area contributed by atoms with Crippen LogP contribution in [0.4, 0.5) is 0 Å². The summed E-state index contributed by atoms with van der Waals surface area (Å²) in [4.78, 5) is 19.0. The molecule has 0 spiro atoms. The van der Waals surface area contributed by atoms with Crippen LogP contribution in [0.1, 0.15) is 20.8 Å². The average Bonchev–Trinajstić information content (AvgIpc) is 3.12. The van der Waals surface area contributed by atoms with Crippen LogP contribution in [-0.4, -0.2) is 18.0 Å². The summed E-state index contributed by atoms with van der Waals surface area (Å²) in [7, 11) is 1.64. The topological polar surface area (TPSA) is 51.2 Å². The highest BCUT2D eigenvalue weighted by molar-refractivity contribution is 7.21. The number of methoxy groups -OCH3 is 1. The van der Waals surface area contributed by atoms with Crippen molar-refractivity contribution in [1.29, 1.82) is 0 Å². The summed E-state index contributed by atoms with van der Waals surface area (Å²) in [5, 5.41) is 4.04. The summed E-state index contributed by atoms with van der Waals surface area (Å²) >= 11 is 1.42. The van der Waals surface area contributed by atoms with Gasteiger partial charge >= 0.3 is 0 Å². The standard InChI is InChI=1S/C23H20N2O2S/c1-15-5-3-6-16(13-15)14-25-22(26)21-20(17-8-10-18(27-2)11-9-17)19-7-4-12-24-23(19)28-21/h3-13H,14H2,1-2H3,(H,25,26). The molecule has 0 unspecified atom stereocenters. The molecular formula is C23H20N2O2S. The second kappa shape index (κ2) is 7.82. The predicted molar refractivity (Wildman–Crippen MR) is 114 cm³/mol. The molecule has 28 heavy (non-hydrogen) atoms. The largest absolute Gasteiger partial charge is 0.497 e. The molecule has 2 aromatic heterocycles. The summed E-state index contributed by atoms with van der Waals surface area (Å²) < 4.78 is 5.26. The maximum Gasteiger partial charge on any atom is 0.262 e. The van der Waals surface area contributed by atoms with Gasteiger partial charge in [0, 0.05) is 23.7 Å². The van der Waals surface area contributed by atoms with Gasteiger partial charge in [-0.2, -0.15) is 0 Å². The number of amides is 1. The Hall–Kier alpha value is -3.18. The van der Waals surface area contributed by atoms with Gasteiger partial charge in [-0.1, -0.05) is 42.0 Å². The maximum atomic E-state index is 13.0. The minimum absolute atomic E-state index is 0.0877. The van der Waals surface area contributed by atoms with Crippen molar-refractivity contribution in [3.63, 3.8) is 0 Å². The first-order valence-electron chi connectivity index (χ1n) is 9.01. The number of rotatable bonds is 5. The molecule has 4 rings (SSSR count). The van der Waals surface area contributed by atoms with Gasteiger partial charge in [-0.05, 0) is 42.3 Å². The van der Waals surface area contributed by atoms with Crippen molar-refractivity contribution in [2.45, 2.75) is 13.5 Å². The van der Waals surface area contributed by atoms with E-state index in [0.29, 0.717) is 11.4 Å². The summed E-state index contributed by atoms with van der Waals surface area (Å²) in [6, 6.07) is 19.8. The molecule has 0 bridgehead atoms. The van der Waals surface area contributed by atoms with Gasteiger partial charge < -0.3 is 10.1 Å². The van der Waals surface area contributed by atoms with Gasteiger partial charge in [-0.15, -0.1) is 11.3 Å². The number of aromatic nitrogens is 1. The number of fused-ring (bicyclic) bond motifs is 1. The summed E-state index contributed by atoms with van der Waals surface area (Å²) in [6.07, 6.45) is 1.76. The van der Waals surface area contributed by atoms with Crippen molar-refractivity contribution in [1.82, 2.24) is 10.3 Å². The Labute approximate surface area is 167 Å². The van der Waals surface area contributed by atoms with Crippen LogP contribution in [0.25, 0.3) is 21.3 Å². The van der Waals surface area contributed by atoms with Gasteiger partial charge in [0.2, 0.25) is 0 Å². The van der Waals surface area contributed by atoms with E-state index in [2.05, 4.69) is 16.4 Å². The number of hydrogen-bond acceptors (Lipinski definition) is 4. The van der Waals surface area contributed by atoms with Crippen molar-refractivity contribution in [3.05, 3.63) is 82.9 Å². The number of nitrogens with zero attached hydrogens (tertiary/aromatic N) is 1. The first-order valence-corrected chi connectivity index (χ1v) is 9.83. The van der Waals surface area contributed by atoms with E-state index in [1.54, 1.807) is 13.3 Å². The van der Waals surface area contributed by atoms with E-state index in [1.165, 1.54) is 16.9 Å². The molecule has 5 heteroatoms. The predicted octanol–water partition coefficient (Wildman–Crippen LogP) is 5.21. The third kappa shape index (κ3) is 3.62. The number of benzene rings is 2. The lowest BCUT2D eigenvalue weighted by Crippen LogP contribution is -2.22. The van der Waals surface area contributed by atoms with E-state index in [9.17, 15) is 4.79 Å². The van der Waals surface area contributed by atoms with Crippen LogP contribution < -0.4 is 10.1 Å². The van der Waals surface area contributed by atoms with Gasteiger partial charge in [0.15, 0.2) is 0 Å². The first kappa shape index (κ1) is 18.2. The molecule has 0 saturated heterocycles. The maximum absolute atomic E-state index is 13.0. The monoisotopic (exact) mass is 388 g/mol. The molecule has 0 aliphatic carbocycles. The minimum Gasteiger partial charge on any atom is -0.497 e. The zero-order valence-electron chi connectivity index (χ0n) is 15.7. The van der Waals surface area contributed by atoms with Crippen LogP contribution in [0.15, 0.2) is 66.9 Å². The van der Waals surface area contributed by atoms with Gasteiger partial charge in [0.05, 0.1) is 7.11 Å². The fraction of sp³-hybridized carbons (Fsp3) is 0.130. The normalized spacial score (nSPS) is 10.8. The summed E-state index contributed by atoms with van der Waals surface area (Å²) in [5.41, 5.74) is 4.15. The van der Waals surface area contributed by atoms with E-state index in [0.717, 1.165) is 32.7 Å². The Morgan fingerprint density at radius 3 is 2.68 bits per heavy atom. The van der Waals surface area contributed by atoms with Crippen molar-refractivity contribution in [2.75, 3.05) is 7.11 Å². The summed E-state index contributed by atoms with van der Waals surface area (Å²) in [5.74, 6) is 0.696. The molecule has 2 aromatic carbocycles. The number of ether oxygens (including phenoxy) is 1. The number of thiophene rings is 1. The molecule has 1 amide bonds. The highest BCUT2D eigenvalue weighted by Crippen LogP contribution is 2.38. The van der Waals surface area contributed by atoms with Gasteiger partial charge in [-0.25, -0.2) is 4.98 Å². The Morgan fingerprint density at radius 2 is 1.93 bits per heavy atom. The van der Waals surface area contributed by atoms with Crippen LogP contribution >= 0.6 is 11.3 Å². The average molecular weight is 388 g/mol. The number of nitrogens with one attached hydrogen (secondary N) is 1. The third-order valence-electron chi connectivity index (χ3n) is 4.59. The fourth-order valence-electron chi connectivity index (χ4n) is 3.22. The second-order valence-electron chi connectivity index (χ2n) is 6.56. The first-order chi connectivity index (χ1) is 13.7. The third-order valence-corrected chi connectivity index (χ3v) is 5.70. The zero-order chi connectivity index (χ0) is 19.5. The number of carbonyl (C=O) groups excluding carboxylic acids is 1.